The Morgan fingerprint density at radius 1 is 0.593 bits per heavy atom. The minimum Gasteiger partial charge on any atom is -0.393 e. The standard InChI is InChI=1S/C45H82NO12P/c1-3-5-7-9-11-13-15-16-17-18-19-20-21-23-25-27-29-31-33-38(48)37(35-57-59(55,56)58-45-43(53)41(51)40(50)42(52)44(45)54)46-39(49)34-36(47)32-30-28-26-24-22-14-12-10-8-6-4-2/h18-19,23-26,31,33,36-38,40-45,47-48,50-54H,3-17,20-22,27-30,32,34-35H2,1-2H3,(H,46,49)(H,55,56)/b19-18+,25-23+,26-24-,33-31+. The van der Waals surface area contributed by atoms with E-state index in [1.54, 1.807) is 6.08 Å². The first-order valence-corrected chi connectivity index (χ1v) is 24.2. The second kappa shape index (κ2) is 34.8. The summed E-state index contributed by atoms with van der Waals surface area (Å²) in [7, 11) is -5.16. The first-order valence-electron chi connectivity index (χ1n) is 22.7. The molecule has 9 N–H and O–H groups in total. The van der Waals surface area contributed by atoms with Crippen LogP contribution in [-0.4, -0.2) is 108 Å². The molecule has 0 bridgehead atoms. The van der Waals surface area contributed by atoms with Crippen molar-refractivity contribution in [2.75, 3.05) is 6.61 Å². The Labute approximate surface area is 355 Å². The van der Waals surface area contributed by atoms with Gasteiger partial charge in [-0.1, -0.05) is 140 Å². The summed E-state index contributed by atoms with van der Waals surface area (Å²) in [6.45, 7) is 3.68. The number of hydrogen-bond acceptors (Lipinski definition) is 11. The first kappa shape index (κ1) is 55.3. The fourth-order valence-corrected chi connectivity index (χ4v) is 7.83. The van der Waals surface area contributed by atoms with Crippen molar-refractivity contribution in [3.63, 3.8) is 0 Å². The third-order valence-corrected chi connectivity index (χ3v) is 11.6. The van der Waals surface area contributed by atoms with E-state index in [4.69, 9.17) is 9.05 Å². The maximum Gasteiger partial charge on any atom is 0.472 e. The normalized spacial score (nSPS) is 24.0. The zero-order valence-corrected chi connectivity index (χ0v) is 37.0. The molecule has 0 aromatic carbocycles. The molecule has 0 spiro atoms. The Morgan fingerprint density at radius 2 is 1.00 bits per heavy atom. The van der Waals surface area contributed by atoms with Crippen LogP contribution in [0.25, 0.3) is 0 Å². The van der Waals surface area contributed by atoms with Crippen molar-refractivity contribution >= 4 is 13.7 Å². The molecule has 1 amide bonds. The maximum atomic E-state index is 12.9. The minimum absolute atomic E-state index is 0.278. The lowest BCUT2D eigenvalue weighted by atomic mass is 9.85. The fraction of sp³-hybridized carbons (Fsp3) is 0.800. The highest BCUT2D eigenvalue weighted by molar-refractivity contribution is 7.47. The number of rotatable bonds is 36. The van der Waals surface area contributed by atoms with Crippen molar-refractivity contribution in [3.05, 3.63) is 48.6 Å². The van der Waals surface area contributed by atoms with Crippen LogP contribution in [0, 0.1) is 0 Å². The van der Waals surface area contributed by atoms with Crippen molar-refractivity contribution in [1.82, 2.24) is 5.32 Å². The van der Waals surface area contributed by atoms with Crippen molar-refractivity contribution in [3.8, 4) is 0 Å². The summed E-state index contributed by atoms with van der Waals surface area (Å²) in [5, 5.41) is 74.3. The van der Waals surface area contributed by atoms with E-state index in [2.05, 4.69) is 55.6 Å². The molecule has 0 aromatic rings. The molecular formula is C45H82NO12P. The van der Waals surface area contributed by atoms with E-state index in [-0.39, 0.29) is 6.42 Å². The average Bonchev–Trinajstić information content (AvgIpc) is 3.21. The monoisotopic (exact) mass is 860 g/mol. The van der Waals surface area contributed by atoms with Gasteiger partial charge in [0.1, 0.15) is 36.6 Å². The summed E-state index contributed by atoms with van der Waals surface area (Å²) in [5.74, 6) is -0.626. The van der Waals surface area contributed by atoms with Crippen LogP contribution in [0.4, 0.5) is 0 Å². The molecule has 1 rings (SSSR count). The van der Waals surface area contributed by atoms with E-state index in [0.717, 1.165) is 38.5 Å². The largest absolute Gasteiger partial charge is 0.472 e. The van der Waals surface area contributed by atoms with Crippen LogP contribution >= 0.6 is 7.82 Å². The zero-order chi connectivity index (χ0) is 43.7. The van der Waals surface area contributed by atoms with Gasteiger partial charge in [-0.25, -0.2) is 4.57 Å². The topological polar surface area (TPSA) is 226 Å². The number of aliphatic hydroxyl groups is 7. The number of carbonyl (C=O) groups is 1. The van der Waals surface area contributed by atoms with Crippen LogP contribution < -0.4 is 5.32 Å². The molecule has 8 unspecified atom stereocenters. The van der Waals surface area contributed by atoms with E-state index in [1.165, 1.54) is 89.5 Å². The lowest BCUT2D eigenvalue weighted by Gasteiger charge is -2.41. The van der Waals surface area contributed by atoms with Gasteiger partial charge in [0.2, 0.25) is 5.91 Å². The molecule has 14 heteroatoms. The van der Waals surface area contributed by atoms with E-state index >= 15 is 0 Å². The molecule has 8 atom stereocenters. The molecule has 13 nitrogen and oxygen atoms in total. The van der Waals surface area contributed by atoms with Gasteiger partial charge in [-0.2, -0.15) is 0 Å². The Bertz CT molecular complexity index is 1200. The van der Waals surface area contributed by atoms with Crippen LogP contribution in [0.2, 0.25) is 0 Å². The summed E-state index contributed by atoms with van der Waals surface area (Å²) >= 11 is 0. The van der Waals surface area contributed by atoms with Crippen LogP contribution in [-0.2, 0) is 18.4 Å². The molecular weight excluding hydrogens is 777 g/mol. The number of nitrogens with one attached hydrogen (secondary N) is 1. The fourth-order valence-electron chi connectivity index (χ4n) is 6.86. The van der Waals surface area contributed by atoms with Gasteiger partial charge in [0.05, 0.1) is 31.3 Å². The predicted molar refractivity (Wildman–Crippen MR) is 233 cm³/mol. The summed E-state index contributed by atoms with van der Waals surface area (Å²) in [6.07, 6.45) is 26.4. The molecule has 1 aliphatic carbocycles. The summed E-state index contributed by atoms with van der Waals surface area (Å²) < 4.78 is 22.8. The minimum atomic E-state index is -5.16. The van der Waals surface area contributed by atoms with Crippen molar-refractivity contribution < 1.29 is 59.0 Å². The lowest BCUT2D eigenvalue weighted by molar-refractivity contribution is -0.220. The van der Waals surface area contributed by atoms with E-state index in [1.807, 2.05) is 0 Å². The molecule has 59 heavy (non-hydrogen) atoms. The molecule has 1 fully saturated rings. The van der Waals surface area contributed by atoms with Gasteiger partial charge in [-0.15, -0.1) is 0 Å². The quantitative estimate of drug-likeness (QED) is 0.0174. The number of unbranched alkanes of at least 4 members (excludes halogenated alkanes) is 17. The van der Waals surface area contributed by atoms with Crippen LogP contribution in [0.5, 0.6) is 0 Å². The summed E-state index contributed by atoms with van der Waals surface area (Å²) in [4.78, 5) is 23.4. The molecule has 0 aliphatic heterocycles. The van der Waals surface area contributed by atoms with E-state index in [9.17, 15) is 50.0 Å². The second-order valence-corrected chi connectivity index (χ2v) is 17.5. The molecule has 1 aliphatic rings. The van der Waals surface area contributed by atoms with E-state index in [0.29, 0.717) is 25.7 Å². The second-order valence-electron chi connectivity index (χ2n) is 16.1. The highest BCUT2D eigenvalue weighted by atomic mass is 31.2. The molecule has 0 saturated heterocycles. The zero-order valence-electron chi connectivity index (χ0n) is 36.2. The number of amides is 1. The number of carbonyl (C=O) groups excluding carboxylic acids is 1. The Morgan fingerprint density at radius 3 is 1.49 bits per heavy atom. The van der Waals surface area contributed by atoms with Crippen molar-refractivity contribution in [2.24, 2.45) is 0 Å². The van der Waals surface area contributed by atoms with Gasteiger partial charge in [0.25, 0.3) is 0 Å². The highest BCUT2D eigenvalue weighted by Gasteiger charge is 2.51. The Balaban J connectivity index is 2.63. The smallest absolute Gasteiger partial charge is 0.393 e. The highest BCUT2D eigenvalue weighted by Crippen LogP contribution is 2.47. The van der Waals surface area contributed by atoms with Crippen molar-refractivity contribution in [2.45, 2.75) is 223 Å². The summed E-state index contributed by atoms with van der Waals surface area (Å²) in [6, 6.07) is -1.27. The lowest BCUT2D eigenvalue weighted by Crippen LogP contribution is -2.64. The molecule has 1 saturated carbocycles. The molecule has 0 heterocycles. The van der Waals surface area contributed by atoms with Crippen LogP contribution in [0.3, 0.4) is 0 Å². The number of allylic oxidation sites excluding steroid dienone is 7. The molecule has 344 valence electrons. The van der Waals surface area contributed by atoms with Gasteiger partial charge in [0, 0.05) is 0 Å². The van der Waals surface area contributed by atoms with Gasteiger partial charge in [-0.3, -0.25) is 13.8 Å². The van der Waals surface area contributed by atoms with Gasteiger partial charge >= 0.3 is 7.82 Å². The number of phosphoric ester groups is 1. The SMILES string of the molecule is CCCCCCCC/C=C\CCCC(O)CC(=O)NC(COP(=O)(O)OC1C(O)C(O)C(O)C(O)C1O)C(O)/C=C/CC/C=C/CC/C=C/CCCCCCCCCC. The van der Waals surface area contributed by atoms with Crippen LogP contribution in [0.15, 0.2) is 48.6 Å². The molecule has 0 radical (unpaired) electrons. The first-order chi connectivity index (χ1) is 28.3. The number of phosphoric acid groups is 1. The van der Waals surface area contributed by atoms with Crippen LogP contribution in [0.1, 0.15) is 168 Å². The third kappa shape index (κ3) is 27.0. The Kier molecular flexibility index (Phi) is 32.6. The molecule has 0 aromatic heterocycles. The van der Waals surface area contributed by atoms with Gasteiger partial charge < -0.3 is 46.0 Å². The number of aliphatic hydroxyl groups excluding tert-OH is 7. The average molecular weight is 860 g/mol. The van der Waals surface area contributed by atoms with Crippen molar-refractivity contribution in [1.29, 1.82) is 0 Å². The van der Waals surface area contributed by atoms with E-state index < -0.39 is 75.2 Å². The van der Waals surface area contributed by atoms with Gasteiger partial charge in [-0.05, 0) is 70.6 Å². The van der Waals surface area contributed by atoms with Gasteiger partial charge in [0.15, 0.2) is 0 Å². The predicted octanol–water partition coefficient (Wildman–Crippen LogP) is 7.14. The Hall–Kier alpha value is -1.74. The third-order valence-electron chi connectivity index (χ3n) is 10.6. The summed E-state index contributed by atoms with van der Waals surface area (Å²) in [5.41, 5.74) is 0. The number of hydrogen-bond donors (Lipinski definition) is 9. The maximum absolute atomic E-state index is 12.9.